The van der Waals surface area contributed by atoms with Gasteiger partial charge >= 0.3 is 5.97 Å². The van der Waals surface area contributed by atoms with Gasteiger partial charge in [-0.3, -0.25) is 4.79 Å². The molecule has 0 aliphatic carbocycles. The molecule has 0 saturated carbocycles. The molecule has 0 radical (unpaired) electrons. The summed E-state index contributed by atoms with van der Waals surface area (Å²) in [6.45, 7) is 2.26. The lowest BCUT2D eigenvalue weighted by molar-refractivity contribution is -0.141. The largest absolute Gasteiger partial charge is 0.466 e. The molecule has 0 aliphatic heterocycles. The van der Waals surface area contributed by atoms with Crippen LogP contribution in [0.3, 0.4) is 0 Å². The monoisotopic (exact) mass is 172 g/mol. The van der Waals surface area contributed by atoms with Gasteiger partial charge in [-0.2, -0.15) is 5.10 Å². The lowest BCUT2D eigenvalue weighted by Gasteiger charge is -1.96. The third-order valence-electron chi connectivity index (χ3n) is 0.920. The summed E-state index contributed by atoms with van der Waals surface area (Å²) >= 11 is 0. The summed E-state index contributed by atoms with van der Waals surface area (Å²) in [5.74, 6) is -0.325. The zero-order valence-corrected chi connectivity index (χ0v) is 6.95. The molecule has 0 heterocycles. The van der Waals surface area contributed by atoms with E-state index in [-0.39, 0.29) is 18.9 Å². The molecule has 5 heteroatoms. The van der Waals surface area contributed by atoms with Crippen LogP contribution in [0.2, 0.25) is 0 Å². The molecule has 5 nitrogen and oxygen atoms in total. The molecule has 0 aliphatic rings. The van der Waals surface area contributed by atoms with E-state index in [1.807, 2.05) is 0 Å². The molecule has 68 valence electrons. The van der Waals surface area contributed by atoms with E-state index in [1.54, 1.807) is 6.92 Å². The third kappa shape index (κ3) is 6.73. The molecule has 0 unspecified atom stereocenters. The predicted molar refractivity (Wildman–Crippen MR) is 43.8 cm³/mol. The number of carbonyl (C=O) groups excluding carboxylic acids is 2. The molecule has 0 fully saturated rings. The Morgan fingerprint density at radius 2 is 2.42 bits per heavy atom. The van der Waals surface area contributed by atoms with E-state index in [9.17, 15) is 9.59 Å². The fourth-order valence-electron chi connectivity index (χ4n) is 0.495. The quantitative estimate of drug-likeness (QED) is 0.196. The predicted octanol–water partition coefficient (Wildman–Crippen LogP) is -0.286. The molecule has 0 bridgehead atoms. The topological polar surface area (TPSA) is 67.8 Å². The van der Waals surface area contributed by atoms with Gasteiger partial charge in [0.15, 0.2) is 0 Å². The highest BCUT2D eigenvalue weighted by molar-refractivity contribution is 5.85. The fraction of sp³-hybridized carbons (Fsp3) is 0.571. The molecule has 0 amide bonds. The highest BCUT2D eigenvalue weighted by atomic mass is 16.5. The summed E-state index contributed by atoms with van der Waals surface area (Å²) in [4.78, 5) is 20.4. The number of rotatable bonds is 6. The van der Waals surface area contributed by atoms with Gasteiger partial charge in [-0.05, 0) is 6.92 Å². The van der Waals surface area contributed by atoms with E-state index in [1.165, 1.54) is 6.21 Å². The molecule has 0 rings (SSSR count). The summed E-state index contributed by atoms with van der Waals surface area (Å²) < 4.78 is 4.62. The van der Waals surface area contributed by atoms with Gasteiger partial charge in [0.25, 0.3) is 0 Å². The number of ether oxygens (including phenoxy) is 1. The van der Waals surface area contributed by atoms with E-state index >= 15 is 0 Å². The Balaban J connectivity index is 3.33. The Kier molecular flexibility index (Phi) is 6.82. The number of esters is 1. The zero-order chi connectivity index (χ0) is 9.23. The van der Waals surface area contributed by atoms with E-state index in [0.717, 1.165) is 0 Å². The lowest BCUT2D eigenvalue weighted by Crippen LogP contribution is -2.10. The van der Waals surface area contributed by atoms with Crippen LogP contribution >= 0.6 is 0 Å². The van der Waals surface area contributed by atoms with Gasteiger partial charge in [0.2, 0.25) is 0 Å². The second kappa shape index (κ2) is 7.71. The van der Waals surface area contributed by atoms with Gasteiger partial charge in [0.05, 0.1) is 19.6 Å². The van der Waals surface area contributed by atoms with Crippen LogP contribution in [0.4, 0.5) is 0 Å². The van der Waals surface area contributed by atoms with Crippen LogP contribution in [0.15, 0.2) is 5.10 Å². The number of aldehydes is 1. The highest BCUT2D eigenvalue weighted by Gasteiger charge is 1.95. The van der Waals surface area contributed by atoms with Crippen molar-refractivity contribution in [1.29, 1.82) is 0 Å². The molecule has 1 N–H and O–H groups in total. The van der Waals surface area contributed by atoms with Crippen LogP contribution in [0.5, 0.6) is 0 Å². The lowest BCUT2D eigenvalue weighted by atomic mass is 10.5. The van der Waals surface area contributed by atoms with Gasteiger partial charge in [0, 0.05) is 6.21 Å². The van der Waals surface area contributed by atoms with Crippen molar-refractivity contribution in [2.45, 2.75) is 13.3 Å². The van der Waals surface area contributed by atoms with Crippen molar-refractivity contribution in [2.75, 3.05) is 13.2 Å². The standard InChI is InChI=1S/C7H12N2O3/c1-2-12-7(11)3-4-8-9-5-6-10/h4,6,9H,2-3,5H2,1H3/b8-4-. The van der Waals surface area contributed by atoms with Crippen LogP contribution in [0, 0.1) is 0 Å². The van der Waals surface area contributed by atoms with Gasteiger partial charge in [-0.25, -0.2) is 0 Å². The van der Waals surface area contributed by atoms with Crippen molar-refractivity contribution in [2.24, 2.45) is 5.10 Å². The first kappa shape index (κ1) is 10.6. The second-order valence-corrected chi connectivity index (χ2v) is 1.85. The Morgan fingerprint density at radius 1 is 1.67 bits per heavy atom. The van der Waals surface area contributed by atoms with Crippen molar-refractivity contribution in [3.8, 4) is 0 Å². The third-order valence-corrected chi connectivity index (χ3v) is 0.920. The molecule has 0 aromatic carbocycles. The summed E-state index contributed by atoms with van der Waals surface area (Å²) in [6, 6.07) is 0. The second-order valence-electron chi connectivity index (χ2n) is 1.85. The number of hydrazone groups is 1. The maximum Gasteiger partial charge on any atom is 0.311 e. The van der Waals surface area contributed by atoms with Gasteiger partial charge in [-0.1, -0.05) is 0 Å². The highest BCUT2D eigenvalue weighted by Crippen LogP contribution is 1.81. The summed E-state index contributed by atoms with van der Waals surface area (Å²) in [6.07, 6.45) is 2.17. The summed E-state index contributed by atoms with van der Waals surface area (Å²) in [5, 5.41) is 3.58. The Bertz CT molecular complexity index is 168. The first-order valence-corrected chi connectivity index (χ1v) is 3.65. The maximum absolute atomic E-state index is 10.7. The van der Waals surface area contributed by atoms with Gasteiger partial charge in [-0.15, -0.1) is 0 Å². The number of hydrogen-bond acceptors (Lipinski definition) is 5. The number of nitrogens with zero attached hydrogens (tertiary/aromatic N) is 1. The van der Waals surface area contributed by atoms with Gasteiger partial charge < -0.3 is 15.0 Å². The maximum atomic E-state index is 10.7. The Labute approximate surface area is 70.8 Å². The molecule has 0 spiro atoms. The van der Waals surface area contributed by atoms with Crippen LogP contribution in [0.25, 0.3) is 0 Å². The van der Waals surface area contributed by atoms with E-state index in [0.29, 0.717) is 12.9 Å². The number of carbonyl (C=O) groups is 2. The summed E-state index contributed by atoms with van der Waals surface area (Å²) in [7, 11) is 0. The first-order chi connectivity index (χ1) is 5.81. The van der Waals surface area contributed by atoms with Crippen LogP contribution in [0.1, 0.15) is 13.3 Å². The van der Waals surface area contributed by atoms with E-state index in [2.05, 4.69) is 15.3 Å². The molecule has 12 heavy (non-hydrogen) atoms. The normalized spacial score (nSPS) is 9.75. The number of nitrogens with one attached hydrogen (secondary N) is 1. The SMILES string of the molecule is CCOC(=O)C/C=N\NCC=O. The molecule has 0 aromatic rings. The smallest absolute Gasteiger partial charge is 0.311 e. The first-order valence-electron chi connectivity index (χ1n) is 3.65. The van der Waals surface area contributed by atoms with Crippen molar-refractivity contribution >= 4 is 18.5 Å². The van der Waals surface area contributed by atoms with Crippen molar-refractivity contribution in [3.63, 3.8) is 0 Å². The molecular formula is C7H12N2O3. The minimum Gasteiger partial charge on any atom is -0.466 e. The van der Waals surface area contributed by atoms with Crippen LogP contribution in [-0.2, 0) is 14.3 Å². The Morgan fingerprint density at radius 3 is 3.00 bits per heavy atom. The van der Waals surface area contributed by atoms with E-state index < -0.39 is 0 Å². The van der Waals surface area contributed by atoms with Crippen molar-refractivity contribution in [3.05, 3.63) is 0 Å². The molecule has 0 saturated heterocycles. The average Bonchev–Trinajstić information content (AvgIpc) is 2.05. The average molecular weight is 172 g/mol. The number of hydrogen-bond donors (Lipinski definition) is 1. The zero-order valence-electron chi connectivity index (χ0n) is 6.95. The molecule has 0 atom stereocenters. The molecule has 0 aromatic heterocycles. The minimum absolute atomic E-state index is 0.125. The van der Waals surface area contributed by atoms with E-state index in [4.69, 9.17) is 0 Å². The fourth-order valence-corrected chi connectivity index (χ4v) is 0.495. The van der Waals surface area contributed by atoms with Crippen LogP contribution in [-0.4, -0.2) is 31.6 Å². The molecular weight excluding hydrogens is 160 g/mol. The minimum atomic E-state index is -0.325. The summed E-state index contributed by atoms with van der Waals surface area (Å²) in [5.41, 5.74) is 2.43. The Hall–Kier alpha value is -1.39. The van der Waals surface area contributed by atoms with Gasteiger partial charge in [0.1, 0.15) is 6.29 Å². The van der Waals surface area contributed by atoms with Crippen molar-refractivity contribution in [1.82, 2.24) is 5.43 Å². The van der Waals surface area contributed by atoms with Crippen LogP contribution < -0.4 is 5.43 Å². The van der Waals surface area contributed by atoms with Crippen molar-refractivity contribution < 1.29 is 14.3 Å².